The molecule has 1 amide bonds. The highest BCUT2D eigenvalue weighted by molar-refractivity contribution is 6.31. The lowest BCUT2D eigenvalue weighted by Crippen LogP contribution is -2.63. The molecule has 2 aliphatic rings. The fourth-order valence-corrected chi connectivity index (χ4v) is 3.74. The third-order valence-electron chi connectivity index (χ3n) is 5.09. The van der Waals surface area contributed by atoms with Gasteiger partial charge in [-0.25, -0.2) is 0 Å². The van der Waals surface area contributed by atoms with Gasteiger partial charge in [0, 0.05) is 50.8 Å². The van der Waals surface area contributed by atoms with E-state index in [9.17, 15) is 4.79 Å². The standard InChI is InChI=1S/C17H24ClN3O3/c1-23-14-3-2-13(15(18)10-14)11-20-5-7-21(8-6-20)17(16(19)22)4-9-24-12-17/h2-3,10H,4-9,11-12H2,1H3,(H2,19,22). The van der Waals surface area contributed by atoms with Gasteiger partial charge in [0.15, 0.2) is 0 Å². The number of nitrogens with zero attached hydrogens (tertiary/aromatic N) is 2. The summed E-state index contributed by atoms with van der Waals surface area (Å²) in [6.07, 6.45) is 0.687. The fourth-order valence-electron chi connectivity index (χ4n) is 3.51. The highest BCUT2D eigenvalue weighted by Crippen LogP contribution is 2.28. The predicted molar refractivity (Wildman–Crippen MR) is 92.2 cm³/mol. The Balaban J connectivity index is 1.60. The Morgan fingerprint density at radius 3 is 2.67 bits per heavy atom. The van der Waals surface area contributed by atoms with E-state index in [-0.39, 0.29) is 5.91 Å². The number of primary amides is 1. The second kappa shape index (κ2) is 7.27. The summed E-state index contributed by atoms with van der Waals surface area (Å²) in [5.41, 5.74) is 6.13. The molecule has 0 bridgehead atoms. The smallest absolute Gasteiger partial charge is 0.240 e. The number of benzene rings is 1. The van der Waals surface area contributed by atoms with Gasteiger partial charge in [-0.05, 0) is 17.7 Å². The highest BCUT2D eigenvalue weighted by atomic mass is 35.5. The Labute approximate surface area is 147 Å². The minimum atomic E-state index is -0.621. The number of halogens is 1. The first-order chi connectivity index (χ1) is 11.5. The minimum absolute atomic E-state index is 0.272. The number of amides is 1. The molecule has 1 aromatic rings. The van der Waals surface area contributed by atoms with Crippen molar-refractivity contribution >= 4 is 17.5 Å². The second-order valence-electron chi connectivity index (χ2n) is 6.42. The van der Waals surface area contributed by atoms with E-state index in [0.717, 1.165) is 49.1 Å². The highest BCUT2D eigenvalue weighted by Gasteiger charge is 2.46. The van der Waals surface area contributed by atoms with E-state index < -0.39 is 5.54 Å². The molecule has 6 nitrogen and oxygen atoms in total. The molecular formula is C17H24ClN3O3. The van der Waals surface area contributed by atoms with Gasteiger partial charge in [-0.3, -0.25) is 14.6 Å². The number of nitrogens with two attached hydrogens (primary N) is 1. The summed E-state index contributed by atoms with van der Waals surface area (Å²) in [6, 6.07) is 5.77. The van der Waals surface area contributed by atoms with Crippen LogP contribution in [0.4, 0.5) is 0 Å². The lowest BCUT2D eigenvalue weighted by molar-refractivity contribution is -0.132. The summed E-state index contributed by atoms with van der Waals surface area (Å²) >= 11 is 6.33. The second-order valence-corrected chi connectivity index (χ2v) is 6.83. The molecule has 2 heterocycles. The third-order valence-corrected chi connectivity index (χ3v) is 5.44. The zero-order valence-corrected chi connectivity index (χ0v) is 14.7. The molecule has 0 spiro atoms. The van der Waals surface area contributed by atoms with E-state index >= 15 is 0 Å². The van der Waals surface area contributed by atoms with Crippen molar-refractivity contribution in [3.63, 3.8) is 0 Å². The quantitative estimate of drug-likeness (QED) is 0.859. The summed E-state index contributed by atoms with van der Waals surface area (Å²) < 4.78 is 10.6. The van der Waals surface area contributed by atoms with Gasteiger partial charge in [-0.15, -0.1) is 0 Å². The molecule has 0 aliphatic carbocycles. The van der Waals surface area contributed by atoms with Gasteiger partial charge in [0.1, 0.15) is 11.3 Å². The topological polar surface area (TPSA) is 68.0 Å². The minimum Gasteiger partial charge on any atom is -0.497 e. The number of ether oxygens (including phenoxy) is 2. The molecule has 0 radical (unpaired) electrons. The molecule has 24 heavy (non-hydrogen) atoms. The molecule has 2 fully saturated rings. The van der Waals surface area contributed by atoms with E-state index in [1.54, 1.807) is 7.11 Å². The third kappa shape index (κ3) is 3.37. The average molecular weight is 354 g/mol. The van der Waals surface area contributed by atoms with E-state index in [1.165, 1.54) is 0 Å². The summed E-state index contributed by atoms with van der Waals surface area (Å²) in [7, 11) is 1.63. The normalized spacial score (nSPS) is 25.8. The Bertz CT molecular complexity index is 597. The number of hydrogen-bond donors (Lipinski definition) is 1. The van der Waals surface area contributed by atoms with E-state index in [2.05, 4.69) is 9.80 Å². The molecule has 132 valence electrons. The van der Waals surface area contributed by atoms with Crippen molar-refractivity contribution in [2.45, 2.75) is 18.5 Å². The van der Waals surface area contributed by atoms with Crippen molar-refractivity contribution in [2.75, 3.05) is 46.5 Å². The van der Waals surface area contributed by atoms with Crippen LogP contribution in [0, 0.1) is 0 Å². The molecular weight excluding hydrogens is 330 g/mol. The van der Waals surface area contributed by atoms with Crippen LogP contribution >= 0.6 is 11.6 Å². The molecule has 2 aliphatic heterocycles. The fraction of sp³-hybridized carbons (Fsp3) is 0.588. The van der Waals surface area contributed by atoms with Crippen molar-refractivity contribution in [3.8, 4) is 5.75 Å². The lowest BCUT2D eigenvalue weighted by Gasteiger charge is -2.43. The Morgan fingerprint density at radius 2 is 2.12 bits per heavy atom. The molecule has 2 N–H and O–H groups in total. The van der Waals surface area contributed by atoms with E-state index in [4.69, 9.17) is 26.8 Å². The maximum absolute atomic E-state index is 12.0. The summed E-state index contributed by atoms with van der Waals surface area (Å²) in [4.78, 5) is 16.5. The summed E-state index contributed by atoms with van der Waals surface area (Å²) in [5, 5.41) is 0.717. The van der Waals surface area contributed by atoms with Crippen molar-refractivity contribution < 1.29 is 14.3 Å². The van der Waals surface area contributed by atoms with Gasteiger partial charge in [0.25, 0.3) is 0 Å². The average Bonchev–Trinajstić information content (AvgIpc) is 3.08. The summed E-state index contributed by atoms with van der Waals surface area (Å²) in [5.74, 6) is 0.491. The molecule has 1 atom stereocenters. The molecule has 0 aromatic heterocycles. The number of piperazine rings is 1. The number of hydrogen-bond acceptors (Lipinski definition) is 5. The number of methoxy groups -OCH3 is 1. The van der Waals surface area contributed by atoms with Crippen LogP contribution in [0.3, 0.4) is 0 Å². The maximum atomic E-state index is 12.0. The van der Waals surface area contributed by atoms with E-state index in [1.807, 2.05) is 18.2 Å². The van der Waals surface area contributed by atoms with Crippen LogP contribution < -0.4 is 10.5 Å². The van der Waals surface area contributed by atoms with Gasteiger partial charge in [0.05, 0.1) is 13.7 Å². The zero-order chi connectivity index (χ0) is 17.2. The monoisotopic (exact) mass is 353 g/mol. The predicted octanol–water partition coefficient (Wildman–Crippen LogP) is 1.11. The zero-order valence-electron chi connectivity index (χ0n) is 14.0. The maximum Gasteiger partial charge on any atom is 0.240 e. The Hall–Kier alpha value is -1.34. The first kappa shape index (κ1) is 17.5. The molecule has 1 aromatic carbocycles. The van der Waals surface area contributed by atoms with Gasteiger partial charge in [0.2, 0.25) is 5.91 Å². The number of carbonyl (C=O) groups is 1. The largest absolute Gasteiger partial charge is 0.497 e. The number of rotatable bonds is 5. The van der Waals surface area contributed by atoms with Crippen molar-refractivity contribution in [3.05, 3.63) is 28.8 Å². The lowest BCUT2D eigenvalue weighted by atomic mass is 9.94. The molecule has 0 saturated carbocycles. The van der Waals surface area contributed by atoms with Crippen LogP contribution in [0.15, 0.2) is 18.2 Å². The van der Waals surface area contributed by atoms with Gasteiger partial charge < -0.3 is 15.2 Å². The van der Waals surface area contributed by atoms with Crippen molar-refractivity contribution in [2.24, 2.45) is 5.73 Å². The van der Waals surface area contributed by atoms with Crippen LogP contribution in [0.1, 0.15) is 12.0 Å². The number of carbonyl (C=O) groups excluding carboxylic acids is 1. The Morgan fingerprint density at radius 1 is 1.38 bits per heavy atom. The summed E-state index contributed by atoms with van der Waals surface area (Å²) in [6.45, 7) is 5.16. The SMILES string of the molecule is COc1ccc(CN2CCN(C3(C(N)=O)CCOC3)CC2)c(Cl)c1. The van der Waals surface area contributed by atoms with E-state index in [0.29, 0.717) is 19.6 Å². The van der Waals surface area contributed by atoms with Crippen LogP contribution in [-0.4, -0.2) is 67.7 Å². The molecule has 2 saturated heterocycles. The van der Waals surface area contributed by atoms with Gasteiger partial charge in [-0.2, -0.15) is 0 Å². The molecule has 7 heteroatoms. The first-order valence-corrected chi connectivity index (χ1v) is 8.60. The molecule has 1 unspecified atom stereocenters. The van der Waals surface area contributed by atoms with Gasteiger partial charge in [-0.1, -0.05) is 17.7 Å². The first-order valence-electron chi connectivity index (χ1n) is 8.22. The molecule has 3 rings (SSSR count). The van der Waals surface area contributed by atoms with Crippen LogP contribution in [-0.2, 0) is 16.1 Å². The van der Waals surface area contributed by atoms with Crippen LogP contribution in [0.25, 0.3) is 0 Å². The van der Waals surface area contributed by atoms with Crippen molar-refractivity contribution in [1.82, 2.24) is 9.80 Å². The Kier molecular flexibility index (Phi) is 5.30. The van der Waals surface area contributed by atoms with Crippen molar-refractivity contribution in [1.29, 1.82) is 0 Å². The van der Waals surface area contributed by atoms with Gasteiger partial charge >= 0.3 is 0 Å². The van der Waals surface area contributed by atoms with Crippen LogP contribution in [0.5, 0.6) is 5.75 Å². The van der Waals surface area contributed by atoms with Crippen LogP contribution in [0.2, 0.25) is 5.02 Å².